The molecule has 0 saturated heterocycles. The van der Waals surface area contributed by atoms with Crippen LogP contribution in [0.3, 0.4) is 0 Å². The van der Waals surface area contributed by atoms with Crippen molar-refractivity contribution in [3.63, 3.8) is 0 Å². The zero-order chi connectivity index (χ0) is 31.0. The lowest BCUT2D eigenvalue weighted by molar-refractivity contribution is -0.118. The van der Waals surface area contributed by atoms with Crippen molar-refractivity contribution >= 4 is 23.1 Å². The number of nitrogens with zero attached hydrogens (tertiary/aromatic N) is 2. The number of carbonyl (C=O) groups excluding carboxylic acids is 2. The van der Waals surface area contributed by atoms with E-state index >= 15 is 4.39 Å². The molecule has 2 heterocycles. The lowest BCUT2D eigenvalue weighted by atomic mass is 9.73. The molecule has 1 aromatic heterocycles. The predicted molar refractivity (Wildman–Crippen MR) is 164 cm³/mol. The summed E-state index contributed by atoms with van der Waals surface area (Å²) in [6.07, 6.45) is 2.04. The second-order valence-electron chi connectivity index (χ2n) is 12.1. The summed E-state index contributed by atoms with van der Waals surface area (Å²) in [6, 6.07) is 19.2. The van der Waals surface area contributed by atoms with Gasteiger partial charge in [0.2, 0.25) is 0 Å². The van der Waals surface area contributed by atoms with E-state index in [4.69, 9.17) is 9.26 Å². The average Bonchev–Trinajstić information content (AvgIpc) is 3.40. The Kier molecular flexibility index (Phi) is 7.71. The summed E-state index contributed by atoms with van der Waals surface area (Å²) in [4.78, 5) is 29.7. The Morgan fingerprint density at radius 2 is 1.91 bits per heavy atom. The van der Waals surface area contributed by atoms with E-state index in [-0.39, 0.29) is 52.8 Å². The van der Waals surface area contributed by atoms with E-state index in [1.807, 2.05) is 51.1 Å². The van der Waals surface area contributed by atoms with E-state index < -0.39 is 23.2 Å². The molecular formula is C35H34FN3O5. The largest absolute Gasteiger partial charge is 0.506 e. The molecule has 0 fully saturated rings. The number of aryl methyl sites for hydroxylation is 1. The van der Waals surface area contributed by atoms with Gasteiger partial charge < -0.3 is 19.7 Å². The Balaban J connectivity index is 1.51. The van der Waals surface area contributed by atoms with Gasteiger partial charge in [0.05, 0.1) is 11.7 Å². The highest BCUT2D eigenvalue weighted by Crippen LogP contribution is 2.51. The number of benzene rings is 3. The monoisotopic (exact) mass is 595 g/mol. The maximum absolute atomic E-state index is 16.3. The second-order valence-corrected chi connectivity index (χ2v) is 12.1. The number of halogens is 1. The lowest BCUT2D eigenvalue weighted by Gasteiger charge is -2.37. The molecular weight excluding hydrogens is 561 g/mol. The number of ketones is 1. The normalized spacial score (nSPS) is 17.4. The zero-order valence-corrected chi connectivity index (χ0v) is 24.9. The first-order chi connectivity index (χ1) is 21.1. The number of rotatable bonds is 7. The molecule has 44 heavy (non-hydrogen) atoms. The van der Waals surface area contributed by atoms with Crippen molar-refractivity contribution in [3.8, 4) is 11.5 Å². The maximum Gasteiger partial charge on any atom is 0.281 e. The molecule has 0 bridgehead atoms. The van der Waals surface area contributed by atoms with Crippen LogP contribution in [-0.2, 0) is 17.8 Å². The summed E-state index contributed by atoms with van der Waals surface area (Å²) in [7, 11) is 0. The first-order valence-electron chi connectivity index (χ1n) is 14.8. The van der Waals surface area contributed by atoms with Gasteiger partial charge in [-0.1, -0.05) is 62.3 Å². The molecule has 9 heteroatoms. The molecule has 1 aliphatic carbocycles. The predicted octanol–water partition coefficient (Wildman–Crippen LogP) is 7.51. The van der Waals surface area contributed by atoms with Crippen molar-refractivity contribution in [2.75, 3.05) is 10.2 Å². The summed E-state index contributed by atoms with van der Waals surface area (Å²) in [6.45, 7) is 6.20. The number of Topliss-reactive ketones (excluding diaryl/α,β-unsaturated/α-hetero) is 1. The van der Waals surface area contributed by atoms with Crippen LogP contribution in [0.5, 0.6) is 11.5 Å². The van der Waals surface area contributed by atoms with E-state index in [1.165, 1.54) is 17.0 Å². The van der Waals surface area contributed by atoms with Gasteiger partial charge in [0.1, 0.15) is 35.4 Å². The number of anilines is 2. The van der Waals surface area contributed by atoms with Gasteiger partial charge in [-0.15, -0.1) is 0 Å². The van der Waals surface area contributed by atoms with E-state index in [0.29, 0.717) is 30.0 Å². The van der Waals surface area contributed by atoms with Gasteiger partial charge in [-0.3, -0.25) is 14.5 Å². The van der Waals surface area contributed by atoms with E-state index in [9.17, 15) is 14.7 Å². The molecule has 8 nitrogen and oxygen atoms in total. The summed E-state index contributed by atoms with van der Waals surface area (Å²) in [5.41, 5.74) is 2.00. The van der Waals surface area contributed by atoms with Crippen LogP contribution in [-0.4, -0.2) is 22.0 Å². The summed E-state index contributed by atoms with van der Waals surface area (Å²) in [5, 5.41) is 18.3. The molecule has 0 spiro atoms. The highest BCUT2D eigenvalue weighted by Gasteiger charge is 2.45. The first kappa shape index (κ1) is 29.2. The number of phenols is 1. The third-order valence-electron chi connectivity index (χ3n) is 8.02. The van der Waals surface area contributed by atoms with E-state index in [2.05, 4.69) is 10.5 Å². The highest BCUT2D eigenvalue weighted by molar-refractivity contribution is 6.11. The van der Waals surface area contributed by atoms with E-state index in [0.717, 1.165) is 12.0 Å². The Morgan fingerprint density at radius 3 is 2.66 bits per heavy atom. The maximum atomic E-state index is 16.3. The molecule has 0 radical (unpaired) electrons. The summed E-state index contributed by atoms with van der Waals surface area (Å²) >= 11 is 0. The summed E-state index contributed by atoms with van der Waals surface area (Å²) in [5.74, 6) is -0.708. The highest BCUT2D eigenvalue weighted by atomic mass is 19.1. The molecule has 1 unspecified atom stereocenters. The minimum atomic E-state index is -1.16. The second kappa shape index (κ2) is 11.6. The molecule has 1 aliphatic heterocycles. The Morgan fingerprint density at radius 1 is 1.11 bits per heavy atom. The van der Waals surface area contributed by atoms with Gasteiger partial charge in [0.15, 0.2) is 11.5 Å². The zero-order valence-electron chi connectivity index (χ0n) is 24.9. The van der Waals surface area contributed by atoms with Crippen LogP contribution in [0.1, 0.15) is 73.5 Å². The van der Waals surface area contributed by atoms with Gasteiger partial charge >= 0.3 is 0 Å². The fraction of sp³-hybridized carbons (Fsp3) is 0.286. The van der Waals surface area contributed by atoms with Crippen LogP contribution < -0.4 is 15.0 Å². The van der Waals surface area contributed by atoms with Crippen molar-refractivity contribution in [2.45, 2.75) is 59.1 Å². The smallest absolute Gasteiger partial charge is 0.281 e. The number of nitrogens with one attached hydrogen (secondary N) is 1. The molecule has 0 saturated carbocycles. The number of aromatic nitrogens is 1. The number of hydrogen-bond donors (Lipinski definition) is 2. The number of allylic oxidation sites excluding steroid dienone is 1. The Bertz CT molecular complexity index is 1760. The molecule has 4 aromatic rings. The third-order valence-corrected chi connectivity index (χ3v) is 8.02. The number of ether oxygens (including phenoxy) is 1. The van der Waals surface area contributed by atoms with Gasteiger partial charge in [-0.25, -0.2) is 4.39 Å². The van der Waals surface area contributed by atoms with Crippen molar-refractivity contribution < 1.29 is 28.3 Å². The number of phenolic OH excluding ortho intramolecular Hbond substituents is 1. The average molecular weight is 596 g/mol. The van der Waals surface area contributed by atoms with Gasteiger partial charge in [0, 0.05) is 41.8 Å². The topological polar surface area (TPSA) is 105 Å². The fourth-order valence-corrected chi connectivity index (χ4v) is 6.02. The van der Waals surface area contributed by atoms with Crippen molar-refractivity contribution in [1.29, 1.82) is 0 Å². The minimum absolute atomic E-state index is 0.0172. The standard InChI is InChI=1S/C35H34FN3O5/c1-4-9-23-17-26(38-44-23)34(42)39-28-12-8-13-29(40)32(28)37-27-18-35(2,3)19-30(41)31(27)33(39)24-15-14-22(16-25(24)36)43-20-21-10-6-5-7-11-21/h5-8,10-17,33,37,40H,4,9,18-20H2,1-3H3. The van der Waals surface area contributed by atoms with Gasteiger partial charge in [0.25, 0.3) is 5.91 Å². The molecule has 226 valence electrons. The van der Waals surface area contributed by atoms with E-state index in [1.54, 1.807) is 30.3 Å². The lowest BCUT2D eigenvalue weighted by Crippen LogP contribution is -2.40. The Labute approximate surface area is 255 Å². The first-order valence-corrected chi connectivity index (χ1v) is 14.8. The van der Waals surface area contributed by atoms with Crippen LogP contribution >= 0.6 is 0 Å². The third kappa shape index (κ3) is 5.57. The minimum Gasteiger partial charge on any atom is -0.506 e. The van der Waals surface area contributed by atoms with Crippen LogP contribution in [0.4, 0.5) is 15.8 Å². The van der Waals surface area contributed by atoms with Gasteiger partial charge in [-0.05, 0) is 48.1 Å². The quantitative estimate of drug-likeness (QED) is 0.213. The number of hydrogen-bond acceptors (Lipinski definition) is 7. The molecule has 1 atom stereocenters. The molecule has 3 aromatic carbocycles. The summed E-state index contributed by atoms with van der Waals surface area (Å²) < 4.78 is 27.6. The molecule has 2 aliphatic rings. The van der Waals surface area contributed by atoms with Crippen molar-refractivity contribution in [3.05, 3.63) is 112 Å². The number of amides is 1. The fourth-order valence-electron chi connectivity index (χ4n) is 6.02. The van der Waals surface area contributed by atoms with Crippen LogP contribution in [0.2, 0.25) is 0 Å². The Hall–Kier alpha value is -4.92. The van der Waals surface area contributed by atoms with Crippen LogP contribution in [0.15, 0.2) is 88.6 Å². The molecule has 2 N–H and O–H groups in total. The van der Waals surface area contributed by atoms with Crippen molar-refractivity contribution in [2.24, 2.45) is 5.41 Å². The molecule has 6 rings (SSSR count). The number of fused-ring (bicyclic) bond motifs is 1. The van der Waals surface area contributed by atoms with Crippen molar-refractivity contribution in [1.82, 2.24) is 5.16 Å². The molecule has 1 amide bonds. The van der Waals surface area contributed by atoms with Crippen LogP contribution in [0, 0.1) is 11.2 Å². The number of aromatic hydroxyl groups is 1. The van der Waals surface area contributed by atoms with Gasteiger partial charge in [-0.2, -0.15) is 0 Å². The number of para-hydroxylation sites is 1. The number of carbonyl (C=O) groups is 2. The SMILES string of the molecule is CCCc1cc(C(=O)N2c3cccc(O)c3NC3=C(C(=O)CC(C)(C)C3)C2c2ccc(OCc3ccccc3)cc2F)no1. The van der Waals surface area contributed by atoms with Crippen LogP contribution in [0.25, 0.3) is 0 Å².